The number of hydrogen-bond acceptors (Lipinski definition) is 4. The number of ether oxygens (including phenoxy) is 1. The SMILES string of the molecule is CCNC1COCC1C(=O)NCc1ccc(Br)s1. The van der Waals surface area contributed by atoms with E-state index in [2.05, 4.69) is 26.6 Å². The first kappa shape index (κ1) is 14.0. The van der Waals surface area contributed by atoms with Crippen LogP contribution >= 0.6 is 27.3 Å². The number of thiophene rings is 1. The summed E-state index contributed by atoms with van der Waals surface area (Å²) < 4.78 is 6.46. The fourth-order valence-corrected chi connectivity index (χ4v) is 3.45. The first-order valence-corrected chi connectivity index (χ1v) is 7.64. The van der Waals surface area contributed by atoms with Gasteiger partial charge in [-0.15, -0.1) is 11.3 Å². The molecule has 0 aromatic carbocycles. The van der Waals surface area contributed by atoms with Crippen molar-refractivity contribution in [2.24, 2.45) is 5.92 Å². The van der Waals surface area contributed by atoms with Gasteiger partial charge in [-0.3, -0.25) is 4.79 Å². The van der Waals surface area contributed by atoms with Crippen LogP contribution in [0.3, 0.4) is 0 Å². The van der Waals surface area contributed by atoms with Gasteiger partial charge in [-0.25, -0.2) is 0 Å². The number of carbonyl (C=O) groups is 1. The minimum absolute atomic E-state index is 0.0722. The number of rotatable bonds is 5. The van der Waals surface area contributed by atoms with E-state index in [1.165, 1.54) is 0 Å². The highest BCUT2D eigenvalue weighted by atomic mass is 79.9. The zero-order chi connectivity index (χ0) is 13.0. The van der Waals surface area contributed by atoms with Crippen molar-refractivity contribution in [2.45, 2.75) is 19.5 Å². The Morgan fingerprint density at radius 3 is 3.06 bits per heavy atom. The molecule has 0 spiro atoms. The van der Waals surface area contributed by atoms with Crippen molar-refractivity contribution < 1.29 is 9.53 Å². The van der Waals surface area contributed by atoms with E-state index in [1.54, 1.807) is 11.3 Å². The van der Waals surface area contributed by atoms with E-state index in [0.717, 1.165) is 15.2 Å². The molecule has 2 rings (SSSR count). The van der Waals surface area contributed by atoms with E-state index in [-0.39, 0.29) is 17.9 Å². The van der Waals surface area contributed by atoms with E-state index < -0.39 is 0 Å². The van der Waals surface area contributed by atoms with Gasteiger partial charge in [0.25, 0.3) is 0 Å². The number of nitrogens with one attached hydrogen (secondary N) is 2. The highest BCUT2D eigenvalue weighted by Crippen LogP contribution is 2.22. The van der Waals surface area contributed by atoms with E-state index in [0.29, 0.717) is 19.8 Å². The molecule has 1 fully saturated rings. The average molecular weight is 333 g/mol. The van der Waals surface area contributed by atoms with Crippen LogP contribution < -0.4 is 10.6 Å². The van der Waals surface area contributed by atoms with Crippen LogP contribution in [0.25, 0.3) is 0 Å². The van der Waals surface area contributed by atoms with Crippen molar-refractivity contribution in [3.05, 3.63) is 20.8 Å². The number of carbonyl (C=O) groups excluding carboxylic acids is 1. The second-order valence-corrected chi connectivity index (χ2v) is 6.78. The molecule has 2 unspecified atom stereocenters. The van der Waals surface area contributed by atoms with Gasteiger partial charge in [0, 0.05) is 10.9 Å². The highest BCUT2D eigenvalue weighted by Gasteiger charge is 2.33. The van der Waals surface area contributed by atoms with E-state index in [9.17, 15) is 4.79 Å². The summed E-state index contributed by atoms with van der Waals surface area (Å²) in [5, 5.41) is 6.26. The average Bonchev–Trinajstić information content (AvgIpc) is 2.96. The molecule has 1 aliphatic heterocycles. The number of halogens is 1. The van der Waals surface area contributed by atoms with Gasteiger partial charge in [-0.05, 0) is 34.6 Å². The van der Waals surface area contributed by atoms with E-state index in [1.807, 2.05) is 19.1 Å². The molecule has 0 radical (unpaired) electrons. The van der Waals surface area contributed by atoms with Crippen LogP contribution in [0.4, 0.5) is 0 Å². The van der Waals surface area contributed by atoms with Gasteiger partial charge in [-0.1, -0.05) is 6.92 Å². The van der Waals surface area contributed by atoms with Crippen molar-refractivity contribution in [1.29, 1.82) is 0 Å². The Bertz CT molecular complexity index is 411. The van der Waals surface area contributed by atoms with Gasteiger partial charge in [0.2, 0.25) is 5.91 Å². The van der Waals surface area contributed by atoms with Crippen molar-refractivity contribution >= 4 is 33.2 Å². The number of likely N-dealkylation sites (N-methyl/N-ethyl adjacent to an activating group) is 1. The third kappa shape index (κ3) is 3.54. The molecular formula is C12H17BrN2O2S. The first-order chi connectivity index (χ1) is 8.70. The summed E-state index contributed by atoms with van der Waals surface area (Å²) in [6, 6.07) is 4.15. The zero-order valence-electron chi connectivity index (χ0n) is 10.2. The fraction of sp³-hybridized carbons (Fsp3) is 0.583. The smallest absolute Gasteiger partial charge is 0.227 e. The maximum atomic E-state index is 12.1. The predicted molar refractivity (Wildman–Crippen MR) is 75.6 cm³/mol. The summed E-state index contributed by atoms with van der Waals surface area (Å²) in [6.45, 7) is 4.62. The summed E-state index contributed by atoms with van der Waals surface area (Å²) in [4.78, 5) is 13.2. The monoisotopic (exact) mass is 332 g/mol. The molecule has 18 heavy (non-hydrogen) atoms. The lowest BCUT2D eigenvalue weighted by Crippen LogP contribution is -2.43. The summed E-state index contributed by atoms with van der Waals surface area (Å²) >= 11 is 5.05. The van der Waals surface area contributed by atoms with Crippen LogP contribution in [0.2, 0.25) is 0 Å². The molecule has 2 heterocycles. The molecule has 1 aromatic rings. The third-order valence-corrected chi connectivity index (χ3v) is 4.57. The molecule has 100 valence electrons. The van der Waals surface area contributed by atoms with Gasteiger partial charge < -0.3 is 15.4 Å². The minimum Gasteiger partial charge on any atom is -0.379 e. The Hall–Kier alpha value is -0.430. The Balaban J connectivity index is 1.83. The van der Waals surface area contributed by atoms with E-state index in [4.69, 9.17) is 4.74 Å². The second kappa shape index (κ2) is 6.65. The van der Waals surface area contributed by atoms with Crippen LogP contribution in [0, 0.1) is 5.92 Å². The van der Waals surface area contributed by atoms with Crippen molar-refractivity contribution in [2.75, 3.05) is 19.8 Å². The van der Waals surface area contributed by atoms with Crippen LogP contribution in [0.5, 0.6) is 0 Å². The first-order valence-electron chi connectivity index (χ1n) is 6.03. The topological polar surface area (TPSA) is 50.4 Å². The lowest BCUT2D eigenvalue weighted by Gasteiger charge is -2.17. The molecule has 6 heteroatoms. The lowest BCUT2D eigenvalue weighted by atomic mass is 10.0. The summed E-state index contributed by atoms with van der Waals surface area (Å²) in [6.07, 6.45) is 0. The van der Waals surface area contributed by atoms with Gasteiger partial charge in [-0.2, -0.15) is 0 Å². The Labute approximate surface area is 119 Å². The molecule has 2 N–H and O–H groups in total. The quantitative estimate of drug-likeness (QED) is 0.863. The number of hydrogen-bond donors (Lipinski definition) is 2. The van der Waals surface area contributed by atoms with Gasteiger partial charge in [0.05, 0.1) is 29.5 Å². The van der Waals surface area contributed by atoms with Gasteiger partial charge in [0.1, 0.15) is 0 Å². The Morgan fingerprint density at radius 2 is 2.39 bits per heavy atom. The summed E-state index contributed by atoms with van der Waals surface area (Å²) in [5.41, 5.74) is 0. The van der Waals surface area contributed by atoms with Gasteiger partial charge in [0.15, 0.2) is 0 Å². The van der Waals surface area contributed by atoms with Crippen molar-refractivity contribution in [3.63, 3.8) is 0 Å². The predicted octanol–water partition coefficient (Wildman–Crippen LogP) is 1.75. The molecule has 0 aliphatic carbocycles. The molecule has 4 nitrogen and oxygen atoms in total. The maximum absolute atomic E-state index is 12.1. The van der Waals surface area contributed by atoms with Crippen molar-refractivity contribution in [1.82, 2.24) is 10.6 Å². The Kier molecular flexibility index (Phi) is 5.17. The third-order valence-electron chi connectivity index (χ3n) is 2.95. The highest BCUT2D eigenvalue weighted by molar-refractivity contribution is 9.11. The second-order valence-electron chi connectivity index (χ2n) is 4.23. The molecule has 1 amide bonds. The molecule has 1 aromatic heterocycles. The zero-order valence-corrected chi connectivity index (χ0v) is 12.6. The molecular weight excluding hydrogens is 316 g/mol. The van der Waals surface area contributed by atoms with Crippen LogP contribution in [-0.4, -0.2) is 31.7 Å². The largest absolute Gasteiger partial charge is 0.379 e. The maximum Gasteiger partial charge on any atom is 0.227 e. The van der Waals surface area contributed by atoms with Crippen LogP contribution in [0.1, 0.15) is 11.8 Å². The molecule has 1 saturated heterocycles. The van der Waals surface area contributed by atoms with Crippen molar-refractivity contribution in [3.8, 4) is 0 Å². The van der Waals surface area contributed by atoms with Crippen LogP contribution in [0.15, 0.2) is 15.9 Å². The van der Waals surface area contributed by atoms with Gasteiger partial charge >= 0.3 is 0 Å². The van der Waals surface area contributed by atoms with Crippen LogP contribution in [-0.2, 0) is 16.1 Å². The molecule has 2 atom stereocenters. The molecule has 0 bridgehead atoms. The lowest BCUT2D eigenvalue weighted by molar-refractivity contribution is -0.125. The summed E-state index contributed by atoms with van der Waals surface area (Å²) in [7, 11) is 0. The molecule has 1 aliphatic rings. The normalized spacial score (nSPS) is 23.2. The number of amides is 1. The Morgan fingerprint density at radius 1 is 1.56 bits per heavy atom. The van der Waals surface area contributed by atoms with E-state index >= 15 is 0 Å². The molecule has 0 saturated carbocycles. The summed E-state index contributed by atoms with van der Waals surface area (Å²) in [5.74, 6) is -0.00340. The standard InChI is InChI=1S/C12H17BrN2O2S/c1-2-14-10-7-17-6-9(10)12(16)15-5-8-3-4-11(13)18-8/h3-4,9-10,14H,2,5-7H2,1H3,(H,15,16). The fourth-order valence-electron chi connectivity index (χ4n) is 2.03. The minimum atomic E-state index is -0.0756.